The minimum atomic E-state index is -0.349. The zero-order chi connectivity index (χ0) is 36.4. The number of amides is 2. The zero-order valence-electron chi connectivity index (χ0n) is 26.9. The number of nitrogens with zero attached hydrogens (tertiary/aromatic N) is 6. The first-order chi connectivity index (χ1) is 24.7. The summed E-state index contributed by atoms with van der Waals surface area (Å²) in [6.07, 6.45) is 0.786. The minimum Gasteiger partial charge on any atom is -0.423 e. The lowest BCUT2D eigenvalue weighted by atomic mass is 10.1. The number of carbonyl (C=O) groups is 2. The van der Waals surface area contributed by atoms with Crippen LogP contribution in [0.3, 0.4) is 0 Å². The predicted octanol–water partition coefficient (Wildman–Crippen LogP) is 5.19. The van der Waals surface area contributed by atoms with Crippen LogP contribution in [0.5, 0.6) is 0 Å². The van der Waals surface area contributed by atoms with Crippen molar-refractivity contribution in [3.63, 3.8) is 0 Å². The lowest BCUT2D eigenvalue weighted by Crippen LogP contribution is -2.26. The van der Waals surface area contributed by atoms with E-state index in [-0.39, 0.29) is 45.5 Å². The number of ether oxygens (including phenoxy) is 1. The summed E-state index contributed by atoms with van der Waals surface area (Å²) in [5.41, 5.74) is 2.13. The highest BCUT2D eigenvalue weighted by Crippen LogP contribution is 2.20. The Labute approximate surface area is 316 Å². The van der Waals surface area contributed by atoms with Crippen LogP contribution in [0.25, 0.3) is 22.6 Å². The molecule has 16 nitrogen and oxygen atoms in total. The van der Waals surface area contributed by atoms with Crippen LogP contribution in [-0.2, 0) is 30.8 Å². The van der Waals surface area contributed by atoms with E-state index in [1.807, 2.05) is 60.7 Å². The van der Waals surface area contributed by atoms with Crippen molar-refractivity contribution in [1.82, 2.24) is 41.3 Å². The molecular weight excluding hydrogens is 863 g/mol. The van der Waals surface area contributed by atoms with E-state index in [0.717, 1.165) is 11.1 Å². The molecule has 6 rings (SSSR count). The van der Waals surface area contributed by atoms with E-state index < -0.39 is 0 Å². The molecule has 0 aliphatic heterocycles. The second kappa shape index (κ2) is 21.0. The molecule has 4 heterocycles. The SMILES string of the molecule is BrB(Br)Br.COCc1nnc(CCNC(=O)c2cc(-c3ccccc3)on2)o1.O=C(NCCc1nnc(CO)o1)c1cc(-c2ccccc2)on1. The fraction of sp³-hybridized carbons (Fsp3) is 0.226. The first-order valence-corrected chi connectivity index (χ1v) is 17.8. The molecule has 0 aliphatic rings. The summed E-state index contributed by atoms with van der Waals surface area (Å²) in [6.45, 7) is 0.613. The van der Waals surface area contributed by atoms with Crippen molar-refractivity contribution >= 4 is 62.3 Å². The maximum Gasteiger partial charge on any atom is 0.369 e. The van der Waals surface area contributed by atoms with E-state index in [4.69, 9.17) is 27.7 Å². The third kappa shape index (κ3) is 13.3. The lowest BCUT2D eigenvalue weighted by Gasteiger charge is -1.99. The Bertz CT molecular complexity index is 1920. The molecule has 2 amide bonds. The number of aliphatic hydroxyl groups is 1. The van der Waals surface area contributed by atoms with Crippen molar-refractivity contribution in [1.29, 1.82) is 0 Å². The number of nitrogens with one attached hydrogen (secondary N) is 2. The number of carbonyl (C=O) groups excluding carboxylic acids is 2. The molecule has 51 heavy (non-hydrogen) atoms. The molecule has 4 aromatic heterocycles. The molecule has 266 valence electrons. The molecule has 0 aliphatic carbocycles. The predicted molar refractivity (Wildman–Crippen MR) is 194 cm³/mol. The van der Waals surface area contributed by atoms with Crippen LogP contribution in [-0.4, -0.2) is 71.0 Å². The van der Waals surface area contributed by atoms with Crippen LogP contribution < -0.4 is 10.6 Å². The molecule has 0 saturated carbocycles. The van der Waals surface area contributed by atoms with E-state index in [1.54, 1.807) is 19.2 Å². The highest BCUT2D eigenvalue weighted by atomic mass is 79.9. The first-order valence-electron chi connectivity index (χ1n) is 15.0. The van der Waals surface area contributed by atoms with Gasteiger partial charge in [0, 0.05) is 56.3 Å². The molecule has 3 N–H and O–H groups in total. The third-order valence-electron chi connectivity index (χ3n) is 6.27. The van der Waals surface area contributed by atoms with Gasteiger partial charge in [0.25, 0.3) is 11.8 Å². The van der Waals surface area contributed by atoms with Gasteiger partial charge in [-0.1, -0.05) is 71.0 Å². The van der Waals surface area contributed by atoms with Gasteiger partial charge in [-0.05, 0) is 0 Å². The number of aromatic nitrogens is 6. The van der Waals surface area contributed by atoms with Crippen LogP contribution in [0, 0.1) is 0 Å². The summed E-state index contributed by atoms with van der Waals surface area (Å²) in [4.78, 5) is 24.1. The molecule has 0 atom stereocenters. The Morgan fingerprint density at radius 2 is 1.12 bits per heavy atom. The summed E-state index contributed by atoms with van der Waals surface area (Å²) in [5.74, 6) is 1.74. The van der Waals surface area contributed by atoms with Gasteiger partial charge in [0.05, 0.1) is 0 Å². The molecule has 2 aromatic carbocycles. The number of rotatable bonds is 13. The maximum absolute atomic E-state index is 12.1. The fourth-order valence-corrected chi connectivity index (χ4v) is 4.01. The van der Waals surface area contributed by atoms with Crippen LogP contribution in [0.2, 0.25) is 0 Å². The number of aliphatic hydroxyl groups excluding tert-OH is 1. The van der Waals surface area contributed by atoms with E-state index >= 15 is 0 Å². The van der Waals surface area contributed by atoms with E-state index in [9.17, 15) is 9.59 Å². The average Bonchev–Trinajstić information content (AvgIpc) is 3.97. The van der Waals surface area contributed by atoms with Gasteiger partial charge < -0.3 is 38.4 Å². The smallest absolute Gasteiger partial charge is 0.369 e. The summed E-state index contributed by atoms with van der Waals surface area (Å²) in [6, 6.07) is 22.0. The Balaban J connectivity index is 0.000000207. The number of benzene rings is 2. The second-order valence-electron chi connectivity index (χ2n) is 9.91. The highest BCUT2D eigenvalue weighted by Gasteiger charge is 2.15. The normalized spacial score (nSPS) is 10.4. The van der Waals surface area contributed by atoms with Gasteiger partial charge in [0.15, 0.2) is 22.9 Å². The van der Waals surface area contributed by atoms with Crippen LogP contribution in [0.1, 0.15) is 44.5 Å². The number of hydrogen-bond acceptors (Lipinski definition) is 14. The summed E-state index contributed by atoms with van der Waals surface area (Å²) >= 11 is 9.31. The van der Waals surface area contributed by atoms with Crippen LogP contribution in [0.15, 0.2) is 90.7 Å². The van der Waals surface area contributed by atoms with E-state index in [1.165, 1.54) is 0 Å². The van der Waals surface area contributed by atoms with Crippen molar-refractivity contribution in [3.8, 4) is 22.6 Å². The molecule has 0 radical (unpaired) electrons. The van der Waals surface area contributed by atoms with Crippen LogP contribution >= 0.6 is 47.3 Å². The Kier molecular flexibility index (Phi) is 16.2. The monoisotopic (exact) mass is 890 g/mol. The first kappa shape index (κ1) is 39.3. The van der Waals surface area contributed by atoms with Crippen molar-refractivity contribution in [2.45, 2.75) is 26.1 Å². The topological polar surface area (TPSA) is 218 Å². The van der Waals surface area contributed by atoms with Gasteiger partial charge in [-0.25, -0.2) is 0 Å². The van der Waals surface area contributed by atoms with Gasteiger partial charge in [-0.2, -0.15) is 0 Å². The number of methoxy groups -OCH3 is 1. The molecule has 0 bridgehead atoms. The molecule has 20 heteroatoms. The van der Waals surface area contributed by atoms with Crippen LogP contribution in [0.4, 0.5) is 0 Å². The lowest BCUT2D eigenvalue weighted by molar-refractivity contribution is 0.0936. The average molecular weight is 893 g/mol. The summed E-state index contributed by atoms with van der Waals surface area (Å²) in [5, 5.41) is 36.8. The summed E-state index contributed by atoms with van der Waals surface area (Å²) < 4.78 is 26.0. The Morgan fingerprint density at radius 3 is 1.53 bits per heavy atom. The van der Waals surface area contributed by atoms with Gasteiger partial charge in [0.2, 0.25) is 23.6 Å². The molecule has 0 spiro atoms. The summed E-state index contributed by atoms with van der Waals surface area (Å²) in [7, 11) is 1.55. The van der Waals surface area contributed by atoms with Crippen molar-refractivity contribution in [2.24, 2.45) is 0 Å². The van der Waals surface area contributed by atoms with Gasteiger partial charge >= 0.3 is 3.18 Å². The van der Waals surface area contributed by atoms with Crippen molar-refractivity contribution < 1.29 is 37.3 Å². The Morgan fingerprint density at radius 1 is 0.706 bits per heavy atom. The number of hydrogen-bond donors (Lipinski definition) is 3. The van der Waals surface area contributed by atoms with E-state index in [0.29, 0.717) is 55.1 Å². The second-order valence-corrected chi connectivity index (χ2v) is 16.3. The highest BCUT2D eigenvalue weighted by molar-refractivity contribution is 9.69. The maximum atomic E-state index is 12.1. The molecule has 6 aromatic rings. The van der Waals surface area contributed by atoms with Crippen molar-refractivity contribution in [2.75, 3.05) is 20.2 Å². The molecule has 0 unspecified atom stereocenters. The third-order valence-corrected chi connectivity index (χ3v) is 6.27. The number of halogens is 3. The van der Waals surface area contributed by atoms with Gasteiger partial charge in [0.1, 0.15) is 13.2 Å². The largest absolute Gasteiger partial charge is 0.423 e. The molecule has 0 saturated heterocycles. The standard InChI is InChI=1S/C16H16N4O4.C15H14N4O4.BBr3/c1-22-10-15-19-18-14(23-15)7-8-17-16(21)12-9-13(24-20-12)11-5-3-2-4-6-11;20-9-14-18-17-13(22-14)6-7-16-15(21)11-8-12(23-19-11)10-4-2-1-3-5-10;2-1(3)4/h2-6,9H,7-8,10H2,1H3,(H,17,21);1-5,8,20H,6-7,9H2,(H,16,21);. The fourth-order valence-electron chi connectivity index (χ4n) is 4.01. The minimum absolute atomic E-state index is 0.148. The quantitative estimate of drug-likeness (QED) is 0.127. The zero-order valence-corrected chi connectivity index (χ0v) is 31.6. The molecular formula is C31H30BBr3N8O8. The molecule has 0 fully saturated rings. The van der Waals surface area contributed by atoms with Gasteiger partial charge in [-0.3, -0.25) is 9.59 Å². The Hall–Kier alpha value is -4.50. The van der Waals surface area contributed by atoms with Gasteiger partial charge in [-0.15, -0.1) is 67.7 Å². The van der Waals surface area contributed by atoms with Crippen molar-refractivity contribution in [3.05, 3.63) is 108 Å². The van der Waals surface area contributed by atoms with E-state index in [2.05, 4.69) is 88.6 Å².